The molecule has 3 heteroatoms. The second-order valence-electron chi connectivity index (χ2n) is 3.01. The van der Waals surface area contributed by atoms with Crippen LogP contribution in [0.1, 0.15) is 1.37 Å². The number of pyridine rings is 1. The number of para-hydroxylation sites is 1. The van der Waals surface area contributed by atoms with Crippen molar-refractivity contribution in [1.29, 1.82) is 0 Å². The van der Waals surface area contributed by atoms with Gasteiger partial charge in [0.2, 0.25) is 0 Å². The zero-order valence-electron chi connectivity index (χ0n) is 8.32. The molecule has 68 valence electrons. The number of benzene rings is 1. The zero-order valence-corrected chi connectivity index (χ0v) is 7.32. The minimum Gasteiger partial charge on any atom is -0.460 e. The quantitative estimate of drug-likeness (QED) is 0.684. The van der Waals surface area contributed by atoms with Crippen LogP contribution in [-0.2, 0) is 0 Å². The monoisotopic (exact) mass is 185 g/mol. The maximum absolute atomic E-state index is 7.58. The van der Waals surface area contributed by atoms with Crippen molar-refractivity contribution in [1.82, 2.24) is 4.98 Å². The molecule has 0 saturated carbocycles. The highest BCUT2D eigenvalue weighted by molar-refractivity contribution is 5.94. The number of nitrogens with zero attached hydrogens (tertiary/aromatic N) is 1. The van der Waals surface area contributed by atoms with Crippen LogP contribution in [-0.4, -0.2) is 4.98 Å². The van der Waals surface area contributed by atoms with Crippen molar-refractivity contribution < 1.29 is 6.11 Å². The van der Waals surface area contributed by atoms with Crippen molar-refractivity contribution in [2.45, 2.75) is 0 Å². The highest BCUT2D eigenvalue weighted by atomic mass is 16.5. The maximum Gasteiger partial charge on any atom is 0.168 e. The molecule has 0 aliphatic carbocycles. The molecule has 0 saturated heterocycles. The van der Waals surface area contributed by atoms with E-state index in [1.807, 2.05) is 6.07 Å². The molecule has 0 fully saturated rings. The lowest BCUT2D eigenvalue weighted by Gasteiger charge is -2.14. The summed E-state index contributed by atoms with van der Waals surface area (Å²) in [6.07, 6.45) is 4.97. The lowest BCUT2D eigenvalue weighted by molar-refractivity contribution is 0.476. The SMILES string of the molecule is [2H]c1ccc2ncc3c(c2c1)NC=CO3. The molecule has 1 N–H and O–H groups in total. The van der Waals surface area contributed by atoms with Crippen LogP contribution in [0.2, 0.25) is 0 Å². The van der Waals surface area contributed by atoms with Crippen LogP contribution >= 0.6 is 0 Å². The third-order valence-corrected chi connectivity index (χ3v) is 2.17. The molecule has 1 aliphatic rings. The first-order chi connectivity index (χ1) is 7.34. The topological polar surface area (TPSA) is 34.2 Å². The minimum atomic E-state index is 0.467. The van der Waals surface area contributed by atoms with Gasteiger partial charge in [-0.15, -0.1) is 0 Å². The number of anilines is 1. The number of hydrogen-bond acceptors (Lipinski definition) is 3. The summed E-state index contributed by atoms with van der Waals surface area (Å²) in [5.41, 5.74) is 1.73. The summed E-state index contributed by atoms with van der Waals surface area (Å²) in [5.74, 6) is 0.690. The zero-order chi connectivity index (χ0) is 10.3. The van der Waals surface area contributed by atoms with Gasteiger partial charge in [0.25, 0.3) is 0 Å². The van der Waals surface area contributed by atoms with E-state index in [1.54, 1.807) is 30.8 Å². The van der Waals surface area contributed by atoms with Crippen molar-refractivity contribution in [3.8, 4) is 5.75 Å². The number of hydrogen-bond donors (Lipinski definition) is 1. The summed E-state index contributed by atoms with van der Waals surface area (Å²) in [6, 6.07) is 5.80. The van der Waals surface area contributed by atoms with E-state index in [0.29, 0.717) is 11.8 Å². The van der Waals surface area contributed by atoms with Gasteiger partial charge in [0.1, 0.15) is 6.26 Å². The molecule has 1 aromatic heterocycles. The minimum absolute atomic E-state index is 0.467. The van der Waals surface area contributed by atoms with Gasteiger partial charge in [0.15, 0.2) is 5.75 Å². The average Bonchev–Trinajstić information content (AvgIpc) is 2.29. The molecule has 14 heavy (non-hydrogen) atoms. The lowest BCUT2D eigenvalue weighted by Crippen LogP contribution is -2.00. The Balaban J connectivity index is 2.36. The molecule has 0 spiro atoms. The van der Waals surface area contributed by atoms with E-state index in [0.717, 1.165) is 16.6 Å². The smallest absolute Gasteiger partial charge is 0.168 e. The molecule has 0 unspecified atom stereocenters. The lowest BCUT2D eigenvalue weighted by atomic mass is 10.2. The Morgan fingerprint density at radius 2 is 2.43 bits per heavy atom. The second-order valence-corrected chi connectivity index (χ2v) is 3.01. The molecule has 1 aromatic carbocycles. The summed E-state index contributed by atoms with van der Waals surface area (Å²) in [5, 5.41) is 4.01. The van der Waals surface area contributed by atoms with E-state index in [2.05, 4.69) is 10.3 Å². The van der Waals surface area contributed by atoms with Crippen molar-refractivity contribution >= 4 is 16.6 Å². The summed E-state index contributed by atoms with van der Waals surface area (Å²) in [7, 11) is 0. The van der Waals surface area contributed by atoms with Gasteiger partial charge in [-0.25, -0.2) is 0 Å². The molecule has 0 atom stereocenters. The average molecular weight is 185 g/mol. The highest BCUT2D eigenvalue weighted by Crippen LogP contribution is 2.33. The van der Waals surface area contributed by atoms with Gasteiger partial charge < -0.3 is 10.1 Å². The van der Waals surface area contributed by atoms with Crippen LogP contribution in [0.4, 0.5) is 5.69 Å². The van der Waals surface area contributed by atoms with E-state index in [-0.39, 0.29) is 0 Å². The summed E-state index contributed by atoms with van der Waals surface area (Å²) in [6.45, 7) is 0. The molecule has 2 heterocycles. The van der Waals surface area contributed by atoms with Gasteiger partial charge in [-0.05, 0) is 6.07 Å². The number of fused-ring (bicyclic) bond motifs is 3. The van der Waals surface area contributed by atoms with Crippen LogP contribution < -0.4 is 10.1 Å². The van der Waals surface area contributed by atoms with Crippen LogP contribution in [0, 0.1) is 0 Å². The third-order valence-electron chi connectivity index (χ3n) is 2.17. The van der Waals surface area contributed by atoms with Gasteiger partial charge in [0.05, 0.1) is 18.8 Å². The van der Waals surface area contributed by atoms with E-state index >= 15 is 0 Å². The molecular formula is C11H8N2O. The van der Waals surface area contributed by atoms with Crippen molar-refractivity contribution in [3.05, 3.63) is 42.9 Å². The summed E-state index contributed by atoms with van der Waals surface area (Å²) >= 11 is 0. The number of aromatic nitrogens is 1. The van der Waals surface area contributed by atoms with Crippen LogP contribution in [0.25, 0.3) is 10.9 Å². The summed E-state index contributed by atoms with van der Waals surface area (Å²) < 4.78 is 12.9. The van der Waals surface area contributed by atoms with Crippen molar-refractivity contribution in [2.24, 2.45) is 0 Å². The Labute approximate surface area is 82.4 Å². The molecule has 0 amide bonds. The molecule has 0 bridgehead atoms. The summed E-state index contributed by atoms with van der Waals surface area (Å²) in [4.78, 5) is 4.25. The largest absolute Gasteiger partial charge is 0.460 e. The third kappa shape index (κ3) is 0.956. The van der Waals surface area contributed by atoms with Gasteiger partial charge in [0, 0.05) is 11.6 Å². The molecule has 1 aliphatic heterocycles. The molecule has 3 nitrogen and oxygen atoms in total. The second kappa shape index (κ2) is 2.73. The normalized spacial score (nSPS) is 14.1. The number of rotatable bonds is 0. The van der Waals surface area contributed by atoms with Gasteiger partial charge in [-0.2, -0.15) is 0 Å². The van der Waals surface area contributed by atoms with Gasteiger partial charge in [-0.1, -0.05) is 18.2 Å². The first-order valence-corrected chi connectivity index (χ1v) is 4.32. The van der Waals surface area contributed by atoms with E-state index in [1.165, 1.54) is 0 Å². The molecule has 0 radical (unpaired) electrons. The Kier molecular flexibility index (Phi) is 1.26. The number of nitrogens with one attached hydrogen (secondary N) is 1. The van der Waals surface area contributed by atoms with Gasteiger partial charge in [-0.3, -0.25) is 4.98 Å². The van der Waals surface area contributed by atoms with Crippen LogP contribution in [0.3, 0.4) is 0 Å². The Bertz CT molecular complexity index is 566. The predicted molar refractivity (Wildman–Crippen MR) is 55.1 cm³/mol. The van der Waals surface area contributed by atoms with Gasteiger partial charge >= 0.3 is 0 Å². The highest BCUT2D eigenvalue weighted by Gasteiger charge is 2.10. The predicted octanol–water partition coefficient (Wildman–Crippen LogP) is 2.51. The van der Waals surface area contributed by atoms with E-state index < -0.39 is 0 Å². The first-order valence-electron chi connectivity index (χ1n) is 4.82. The molecular weight excluding hydrogens is 176 g/mol. The van der Waals surface area contributed by atoms with Crippen molar-refractivity contribution in [3.63, 3.8) is 0 Å². The van der Waals surface area contributed by atoms with E-state index in [4.69, 9.17) is 6.11 Å². The fourth-order valence-electron chi connectivity index (χ4n) is 1.52. The standard InChI is InChI=1S/C11H8N2O/c1-2-4-9-8(3-1)11-10(7-13-9)14-6-5-12-11/h1-7,12H/i1D. The van der Waals surface area contributed by atoms with Crippen LogP contribution in [0.15, 0.2) is 42.9 Å². The molecule has 3 rings (SSSR count). The fourth-order valence-corrected chi connectivity index (χ4v) is 1.52. The Morgan fingerprint density at radius 3 is 3.43 bits per heavy atom. The van der Waals surface area contributed by atoms with Crippen molar-refractivity contribution in [2.75, 3.05) is 5.32 Å². The molecule has 2 aromatic rings. The Morgan fingerprint density at radius 1 is 1.43 bits per heavy atom. The Hall–Kier alpha value is -2.03. The maximum atomic E-state index is 7.58. The van der Waals surface area contributed by atoms with Crippen LogP contribution in [0.5, 0.6) is 5.75 Å². The first kappa shape index (κ1) is 6.43. The number of ether oxygens (including phenoxy) is 1. The van der Waals surface area contributed by atoms with E-state index in [9.17, 15) is 0 Å². The fraction of sp³-hybridized carbons (Fsp3) is 0.